The van der Waals surface area contributed by atoms with Gasteiger partial charge in [-0.05, 0) is 35.9 Å². The molecule has 0 saturated carbocycles. The van der Waals surface area contributed by atoms with Gasteiger partial charge in [-0.25, -0.2) is 12.8 Å². The molecular formula is C13H11Cl2FN2O2S. The third-order valence-corrected chi connectivity index (χ3v) is 4.64. The lowest BCUT2D eigenvalue weighted by molar-refractivity contribution is 0.569. The fourth-order valence-electron chi connectivity index (χ4n) is 1.66. The molecule has 0 bridgehead atoms. The van der Waals surface area contributed by atoms with Gasteiger partial charge in [0.25, 0.3) is 10.0 Å². The van der Waals surface area contributed by atoms with Crippen LogP contribution in [0.5, 0.6) is 0 Å². The Morgan fingerprint density at radius 3 is 2.52 bits per heavy atom. The highest BCUT2D eigenvalue weighted by atomic mass is 35.5. The van der Waals surface area contributed by atoms with E-state index in [-0.39, 0.29) is 17.3 Å². The average Bonchev–Trinajstić information content (AvgIpc) is 2.43. The Balaban J connectivity index is 2.45. The summed E-state index contributed by atoms with van der Waals surface area (Å²) in [6.07, 6.45) is 0. The lowest BCUT2D eigenvalue weighted by Gasteiger charge is -2.11. The molecule has 0 amide bonds. The zero-order valence-electron chi connectivity index (χ0n) is 10.6. The van der Waals surface area contributed by atoms with Crippen molar-refractivity contribution in [3.05, 3.63) is 57.8 Å². The second-order valence-corrected chi connectivity index (χ2v) is 6.69. The van der Waals surface area contributed by atoms with Crippen LogP contribution in [0.4, 0.5) is 10.1 Å². The predicted octanol–water partition coefficient (Wildman–Crippen LogP) is 3.39. The molecule has 2 rings (SSSR count). The van der Waals surface area contributed by atoms with Crippen LogP contribution >= 0.6 is 23.2 Å². The van der Waals surface area contributed by atoms with Crippen molar-refractivity contribution in [1.29, 1.82) is 0 Å². The average molecular weight is 349 g/mol. The van der Waals surface area contributed by atoms with E-state index in [1.54, 1.807) is 0 Å². The smallest absolute Gasteiger partial charge is 0.264 e. The summed E-state index contributed by atoms with van der Waals surface area (Å²) in [5.41, 5.74) is 6.00. The number of rotatable bonds is 4. The van der Waals surface area contributed by atoms with Crippen molar-refractivity contribution >= 4 is 38.9 Å². The quantitative estimate of drug-likeness (QED) is 0.889. The van der Waals surface area contributed by atoms with E-state index >= 15 is 0 Å². The van der Waals surface area contributed by atoms with Crippen LogP contribution in [0.15, 0.2) is 41.3 Å². The third-order valence-electron chi connectivity index (χ3n) is 2.69. The number of nitrogens with two attached hydrogens (primary N) is 1. The van der Waals surface area contributed by atoms with Crippen molar-refractivity contribution in [3.8, 4) is 0 Å². The van der Waals surface area contributed by atoms with E-state index in [4.69, 9.17) is 28.9 Å². The lowest BCUT2D eigenvalue weighted by atomic mass is 10.2. The molecule has 0 fully saturated rings. The second kappa shape index (κ2) is 6.19. The summed E-state index contributed by atoms with van der Waals surface area (Å²) in [6, 6.07) is 7.94. The molecule has 0 radical (unpaired) electrons. The molecule has 0 saturated heterocycles. The van der Waals surface area contributed by atoms with Crippen molar-refractivity contribution in [2.45, 2.75) is 11.4 Å². The highest BCUT2D eigenvalue weighted by molar-refractivity contribution is 7.92. The van der Waals surface area contributed by atoms with Crippen LogP contribution in [0.3, 0.4) is 0 Å². The highest BCUT2D eigenvalue weighted by Gasteiger charge is 2.20. The molecule has 0 atom stereocenters. The molecule has 2 aromatic rings. The minimum absolute atomic E-state index is 0.0710. The monoisotopic (exact) mass is 348 g/mol. The van der Waals surface area contributed by atoms with Gasteiger partial charge in [-0.3, -0.25) is 4.72 Å². The number of benzene rings is 2. The molecule has 0 aliphatic heterocycles. The van der Waals surface area contributed by atoms with Gasteiger partial charge in [0.05, 0.1) is 10.7 Å². The Morgan fingerprint density at radius 1 is 1.14 bits per heavy atom. The molecule has 0 unspecified atom stereocenters. The van der Waals surface area contributed by atoms with E-state index in [0.717, 1.165) is 6.07 Å². The summed E-state index contributed by atoms with van der Waals surface area (Å²) in [4.78, 5) is -0.499. The second-order valence-electron chi connectivity index (χ2n) is 4.20. The summed E-state index contributed by atoms with van der Waals surface area (Å²) in [5, 5.41) is 0.451. The Kier molecular flexibility index (Phi) is 4.73. The Labute approximate surface area is 131 Å². The zero-order valence-corrected chi connectivity index (χ0v) is 12.9. The predicted molar refractivity (Wildman–Crippen MR) is 81.6 cm³/mol. The number of anilines is 1. The number of halogens is 3. The molecular weight excluding hydrogens is 338 g/mol. The fourth-order valence-corrected chi connectivity index (χ4v) is 3.25. The van der Waals surface area contributed by atoms with Crippen molar-refractivity contribution in [2.24, 2.45) is 5.73 Å². The van der Waals surface area contributed by atoms with Crippen LogP contribution in [0.2, 0.25) is 10.0 Å². The van der Waals surface area contributed by atoms with Crippen LogP contribution in [0.1, 0.15) is 5.56 Å². The molecule has 0 aliphatic rings. The Bertz CT molecular complexity index is 782. The maximum absolute atomic E-state index is 13.8. The molecule has 0 aromatic heterocycles. The van der Waals surface area contributed by atoms with Crippen LogP contribution in [0, 0.1) is 5.82 Å². The summed E-state index contributed by atoms with van der Waals surface area (Å²) >= 11 is 11.7. The van der Waals surface area contributed by atoms with Crippen LogP contribution in [-0.4, -0.2) is 8.42 Å². The maximum atomic E-state index is 13.8. The van der Waals surface area contributed by atoms with E-state index in [1.165, 1.54) is 30.3 Å². The van der Waals surface area contributed by atoms with E-state index < -0.39 is 20.7 Å². The third kappa shape index (κ3) is 3.65. The van der Waals surface area contributed by atoms with Crippen molar-refractivity contribution in [1.82, 2.24) is 0 Å². The van der Waals surface area contributed by atoms with Gasteiger partial charge < -0.3 is 5.73 Å². The molecule has 2 aromatic carbocycles. The van der Waals surface area contributed by atoms with Gasteiger partial charge in [0, 0.05) is 11.6 Å². The largest absolute Gasteiger partial charge is 0.326 e. The first-order valence-electron chi connectivity index (χ1n) is 5.80. The molecule has 0 aliphatic carbocycles. The van der Waals surface area contributed by atoms with Crippen molar-refractivity contribution < 1.29 is 12.8 Å². The van der Waals surface area contributed by atoms with Gasteiger partial charge in [-0.1, -0.05) is 29.3 Å². The van der Waals surface area contributed by atoms with Gasteiger partial charge in [0.15, 0.2) is 0 Å². The van der Waals surface area contributed by atoms with E-state index in [1.807, 2.05) is 0 Å². The summed E-state index contributed by atoms with van der Waals surface area (Å²) in [7, 11) is -4.14. The number of sulfonamides is 1. The molecule has 3 N–H and O–H groups in total. The number of hydrogen-bond donors (Lipinski definition) is 2. The number of hydrogen-bond acceptors (Lipinski definition) is 3. The first kappa shape index (κ1) is 16.0. The van der Waals surface area contributed by atoms with Gasteiger partial charge in [-0.15, -0.1) is 0 Å². The van der Waals surface area contributed by atoms with Crippen LogP contribution < -0.4 is 10.5 Å². The molecule has 21 heavy (non-hydrogen) atoms. The summed E-state index contributed by atoms with van der Waals surface area (Å²) in [5.74, 6) is -0.877. The highest BCUT2D eigenvalue weighted by Crippen LogP contribution is 2.28. The van der Waals surface area contributed by atoms with E-state index in [0.29, 0.717) is 10.6 Å². The molecule has 112 valence electrons. The Hall–Kier alpha value is -1.34. The minimum atomic E-state index is -4.14. The zero-order chi connectivity index (χ0) is 15.6. The molecule has 0 spiro atoms. The topological polar surface area (TPSA) is 72.2 Å². The van der Waals surface area contributed by atoms with Gasteiger partial charge in [0.1, 0.15) is 10.7 Å². The lowest BCUT2D eigenvalue weighted by Crippen LogP contribution is -2.15. The normalized spacial score (nSPS) is 11.4. The first-order valence-corrected chi connectivity index (χ1v) is 8.04. The van der Waals surface area contributed by atoms with Gasteiger partial charge >= 0.3 is 0 Å². The van der Waals surface area contributed by atoms with Crippen LogP contribution in [0.25, 0.3) is 0 Å². The molecule has 4 nitrogen and oxygen atoms in total. The number of nitrogens with one attached hydrogen (secondary N) is 1. The van der Waals surface area contributed by atoms with Crippen molar-refractivity contribution in [3.63, 3.8) is 0 Å². The van der Waals surface area contributed by atoms with E-state index in [2.05, 4.69) is 4.72 Å². The molecule has 8 heteroatoms. The standard InChI is InChI=1S/C13H11Cl2FN2O2S/c14-9-2-3-10(15)12(6-9)18-21(19,20)13-5-8(7-17)1-4-11(13)16/h1-6,18H,7,17H2. The maximum Gasteiger partial charge on any atom is 0.264 e. The fraction of sp³-hybridized carbons (Fsp3) is 0.0769. The SMILES string of the molecule is NCc1ccc(F)c(S(=O)(=O)Nc2cc(Cl)ccc2Cl)c1. The summed E-state index contributed by atoms with van der Waals surface area (Å²) < 4.78 is 40.5. The van der Waals surface area contributed by atoms with Crippen molar-refractivity contribution in [2.75, 3.05) is 4.72 Å². The van der Waals surface area contributed by atoms with Gasteiger partial charge in [-0.2, -0.15) is 0 Å². The van der Waals surface area contributed by atoms with Crippen LogP contribution in [-0.2, 0) is 16.6 Å². The summed E-state index contributed by atoms with van der Waals surface area (Å²) in [6.45, 7) is 0.0979. The first-order chi connectivity index (χ1) is 9.83. The molecule has 0 heterocycles. The minimum Gasteiger partial charge on any atom is -0.326 e. The van der Waals surface area contributed by atoms with E-state index in [9.17, 15) is 12.8 Å². The Morgan fingerprint density at radius 2 is 1.86 bits per heavy atom. The van der Waals surface area contributed by atoms with Gasteiger partial charge in [0.2, 0.25) is 0 Å².